The molecule has 190 valence electrons. The smallest absolute Gasteiger partial charge is 0.270 e. The minimum absolute atomic E-state index is 0.136. The second-order valence-corrected chi connectivity index (χ2v) is 9.79. The Bertz CT molecular complexity index is 1370. The van der Waals surface area contributed by atoms with E-state index in [0.29, 0.717) is 17.3 Å². The van der Waals surface area contributed by atoms with Gasteiger partial charge in [0, 0.05) is 36.1 Å². The predicted octanol–water partition coefficient (Wildman–Crippen LogP) is 4.75. The zero-order valence-electron chi connectivity index (χ0n) is 21.4. The molecule has 2 heterocycles. The number of hydrogen-bond acceptors (Lipinski definition) is 4. The minimum Gasteiger partial charge on any atom is -0.338 e. The molecule has 1 fully saturated rings. The molecule has 8 nitrogen and oxygen atoms in total. The normalized spacial score (nSPS) is 15.0. The van der Waals surface area contributed by atoms with E-state index in [2.05, 4.69) is 25.9 Å². The average molecular weight is 497 g/mol. The highest BCUT2D eigenvalue weighted by Gasteiger charge is 2.39. The number of amides is 2. The fourth-order valence-electron chi connectivity index (χ4n) is 5.26. The maximum atomic E-state index is 13.8. The standard InChI is InChI=1S/C29H32N6O2/c1-18-25(19(2)34-33-18)22-12-14-23(15-13-22)31-29(37)27(32-28(36)24-16-17-30-35(24)3)26(21-10-7-11-21)20-8-5-4-6-9-20/h4-6,8-9,12-17,21,26-27H,7,10-11H2,1-3H3,(H,31,37)(H,32,36)(H,33,34). The maximum Gasteiger partial charge on any atom is 0.270 e. The number of carbonyl (C=O) groups excluding carboxylic acids is 2. The van der Waals surface area contributed by atoms with E-state index in [0.717, 1.165) is 47.3 Å². The molecule has 0 aliphatic heterocycles. The molecule has 2 atom stereocenters. The molecule has 2 amide bonds. The third-order valence-electron chi connectivity index (χ3n) is 7.39. The third-order valence-corrected chi connectivity index (χ3v) is 7.39. The van der Waals surface area contributed by atoms with Gasteiger partial charge >= 0.3 is 0 Å². The lowest BCUT2D eigenvalue weighted by Crippen LogP contribution is -2.50. The molecular weight excluding hydrogens is 464 g/mol. The summed E-state index contributed by atoms with van der Waals surface area (Å²) in [4.78, 5) is 27.1. The Balaban J connectivity index is 1.43. The first-order valence-electron chi connectivity index (χ1n) is 12.7. The first kappa shape index (κ1) is 24.5. The van der Waals surface area contributed by atoms with Crippen LogP contribution in [0.15, 0.2) is 66.9 Å². The molecule has 1 aliphatic rings. The van der Waals surface area contributed by atoms with Crippen molar-refractivity contribution in [2.45, 2.75) is 45.1 Å². The van der Waals surface area contributed by atoms with Crippen molar-refractivity contribution >= 4 is 17.5 Å². The number of benzene rings is 2. The monoisotopic (exact) mass is 496 g/mol. The number of aromatic amines is 1. The molecule has 0 spiro atoms. The summed E-state index contributed by atoms with van der Waals surface area (Å²) in [7, 11) is 1.72. The second kappa shape index (κ2) is 10.4. The minimum atomic E-state index is -0.742. The zero-order chi connectivity index (χ0) is 25.9. The van der Waals surface area contributed by atoms with Gasteiger partial charge in [0.25, 0.3) is 5.91 Å². The van der Waals surface area contributed by atoms with Crippen LogP contribution in [-0.4, -0.2) is 37.8 Å². The van der Waals surface area contributed by atoms with Crippen LogP contribution in [0.4, 0.5) is 5.69 Å². The van der Waals surface area contributed by atoms with Crippen molar-refractivity contribution in [3.05, 3.63) is 89.5 Å². The van der Waals surface area contributed by atoms with Crippen molar-refractivity contribution in [2.75, 3.05) is 5.32 Å². The number of nitrogens with one attached hydrogen (secondary N) is 3. The van der Waals surface area contributed by atoms with Crippen LogP contribution in [0, 0.1) is 19.8 Å². The van der Waals surface area contributed by atoms with Gasteiger partial charge in [0.1, 0.15) is 11.7 Å². The molecule has 3 N–H and O–H groups in total. The predicted molar refractivity (Wildman–Crippen MR) is 143 cm³/mol. The highest BCUT2D eigenvalue weighted by Crippen LogP contribution is 2.41. The van der Waals surface area contributed by atoms with Crippen LogP contribution < -0.4 is 10.6 Å². The van der Waals surface area contributed by atoms with Crippen molar-refractivity contribution in [3.8, 4) is 11.1 Å². The molecule has 2 aromatic heterocycles. The van der Waals surface area contributed by atoms with Crippen LogP contribution in [0.2, 0.25) is 0 Å². The summed E-state index contributed by atoms with van der Waals surface area (Å²) < 4.78 is 1.52. The molecule has 1 aliphatic carbocycles. The van der Waals surface area contributed by atoms with Gasteiger partial charge in [-0.25, -0.2) is 0 Å². The number of H-pyrrole nitrogens is 1. The van der Waals surface area contributed by atoms with Crippen LogP contribution >= 0.6 is 0 Å². The number of anilines is 1. The molecule has 0 bridgehead atoms. The molecule has 2 aromatic carbocycles. The van der Waals surface area contributed by atoms with E-state index in [4.69, 9.17) is 0 Å². The van der Waals surface area contributed by atoms with Gasteiger partial charge in [0.15, 0.2) is 0 Å². The second-order valence-electron chi connectivity index (χ2n) is 9.79. The Morgan fingerprint density at radius 2 is 1.76 bits per heavy atom. The van der Waals surface area contributed by atoms with Gasteiger partial charge < -0.3 is 10.6 Å². The quantitative estimate of drug-likeness (QED) is 0.327. The first-order valence-corrected chi connectivity index (χ1v) is 12.7. The van der Waals surface area contributed by atoms with Gasteiger partial charge in [0.2, 0.25) is 5.91 Å². The van der Waals surface area contributed by atoms with Crippen molar-refractivity contribution in [1.29, 1.82) is 0 Å². The Morgan fingerprint density at radius 3 is 2.32 bits per heavy atom. The Labute approximate surface area is 216 Å². The van der Waals surface area contributed by atoms with E-state index in [1.807, 2.05) is 68.4 Å². The van der Waals surface area contributed by atoms with Crippen molar-refractivity contribution in [3.63, 3.8) is 0 Å². The molecule has 5 rings (SSSR count). The van der Waals surface area contributed by atoms with Crippen LogP contribution in [0.3, 0.4) is 0 Å². The van der Waals surface area contributed by atoms with Gasteiger partial charge in [0.05, 0.1) is 5.69 Å². The van der Waals surface area contributed by atoms with E-state index >= 15 is 0 Å². The molecule has 37 heavy (non-hydrogen) atoms. The average Bonchev–Trinajstić information content (AvgIpc) is 3.45. The summed E-state index contributed by atoms with van der Waals surface area (Å²) in [6.07, 6.45) is 4.77. The van der Waals surface area contributed by atoms with E-state index < -0.39 is 6.04 Å². The van der Waals surface area contributed by atoms with Gasteiger partial charge in [-0.3, -0.25) is 19.4 Å². The molecule has 1 saturated carbocycles. The molecule has 8 heteroatoms. The van der Waals surface area contributed by atoms with Crippen LogP contribution in [-0.2, 0) is 11.8 Å². The largest absolute Gasteiger partial charge is 0.338 e. The van der Waals surface area contributed by atoms with Crippen LogP contribution in [0.5, 0.6) is 0 Å². The number of rotatable bonds is 8. The molecular formula is C29H32N6O2. The SMILES string of the molecule is Cc1n[nH]c(C)c1-c1ccc(NC(=O)C(NC(=O)c2ccnn2C)C(c2ccccc2)C2CCC2)cc1. The highest BCUT2D eigenvalue weighted by molar-refractivity contribution is 6.01. The van der Waals surface area contributed by atoms with Gasteiger partial charge in [-0.1, -0.05) is 48.9 Å². The number of aryl methyl sites for hydroxylation is 3. The van der Waals surface area contributed by atoms with Crippen molar-refractivity contribution in [1.82, 2.24) is 25.3 Å². The number of hydrogen-bond donors (Lipinski definition) is 3. The Kier molecular flexibility index (Phi) is 6.90. The van der Waals surface area contributed by atoms with E-state index in [1.54, 1.807) is 19.3 Å². The van der Waals surface area contributed by atoms with Gasteiger partial charge in [-0.15, -0.1) is 0 Å². The summed E-state index contributed by atoms with van der Waals surface area (Å²) in [5.74, 6) is -0.372. The van der Waals surface area contributed by atoms with Crippen LogP contribution in [0.25, 0.3) is 11.1 Å². The molecule has 2 unspecified atom stereocenters. The lowest BCUT2D eigenvalue weighted by Gasteiger charge is -2.38. The topological polar surface area (TPSA) is 105 Å². The fraction of sp³-hybridized carbons (Fsp3) is 0.310. The summed E-state index contributed by atoms with van der Waals surface area (Å²) in [5.41, 5.74) is 6.16. The number of aromatic nitrogens is 4. The number of nitrogens with zero attached hydrogens (tertiary/aromatic N) is 3. The Morgan fingerprint density at radius 1 is 1.03 bits per heavy atom. The summed E-state index contributed by atoms with van der Waals surface area (Å²) in [5, 5.41) is 17.5. The lowest BCUT2D eigenvalue weighted by atomic mass is 9.69. The van der Waals surface area contributed by atoms with E-state index in [1.165, 1.54) is 4.68 Å². The molecule has 0 radical (unpaired) electrons. The van der Waals surface area contributed by atoms with E-state index in [-0.39, 0.29) is 17.7 Å². The third kappa shape index (κ3) is 5.05. The van der Waals surface area contributed by atoms with Gasteiger partial charge in [-0.05, 0) is 61.9 Å². The molecule has 0 saturated heterocycles. The zero-order valence-corrected chi connectivity index (χ0v) is 21.4. The first-order chi connectivity index (χ1) is 17.9. The fourth-order valence-corrected chi connectivity index (χ4v) is 5.26. The summed E-state index contributed by atoms with van der Waals surface area (Å²) in [6.45, 7) is 3.96. The highest BCUT2D eigenvalue weighted by atomic mass is 16.2. The van der Waals surface area contributed by atoms with Crippen LogP contribution in [0.1, 0.15) is 52.6 Å². The maximum absolute atomic E-state index is 13.8. The number of carbonyl (C=O) groups is 2. The summed E-state index contributed by atoms with van der Waals surface area (Å²) in [6, 6.07) is 18.7. The van der Waals surface area contributed by atoms with Gasteiger partial charge in [-0.2, -0.15) is 10.2 Å². The van der Waals surface area contributed by atoms with Crippen molar-refractivity contribution in [2.24, 2.45) is 13.0 Å². The van der Waals surface area contributed by atoms with Crippen molar-refractivity contribution < 1.29 is 9.59 Å². The molecule has 4 aromatic rings. The van der Waals surface area contributed by atoms with E-state index in [9.17, 15) is 9.59 Å². The summed E-state index contributed by atoms with van der Waals surface area (Å²) >= 11 is 0. The lowest BCUT2D eigenvalue weighted by molar-refractivity contribution is -0.119. The Hall–Kier alpha value is -4.20.